The van der Waals surface area contributed by atoms with Crippen LogP contribution in [0.25, 0.3) is 0 Å². The highest BCUT2D eigenvalue weighted by Crippen LogP contribution is 2.37. The van der Waals surface area contributed by atoms with Crippen LogP contribution in [0.2, 0.25) is 0 Å². The van der Waals surface area contributed by atoms with Gasteiger partial charge in [0.25, 0.3) is 11.8 Å². The zero-order valence-corrected chi connectivity index (χ0v) is 15.9. The molecule has 2 aromatic rings. The van der Waals surface area contributed by atoms with Crippen molar-refractivity contribution in [1.29, 1.82) is 0 Å². The monoisotopic (exact) mass is 377 g/mol. The summed E-state index contributed by atoms with van der Waals surface area (Å²) >= 11 is 0. The second-order valence-corrected chi connectivity index (χ2v) is 7.71. The number of anilines is 1. The molecule has 0 aliphatic carbocycles. The van der Waals surface area contributed by atoms with Crippen LogP contribution >= 0.6 is 0 Å². The number of hydrogen-bond donors (Lipinski definition) is 1. The molecule has 1 unspecified atom stereocenters. The van der Waals surface area contributed by atoms with Crippen molar-refractivity contribution in [3.05, 3.63) is 65.7 Å². The zero-order valence-electron chi connectivity index (χ0n) is 15.9. The van der Waals surface area contributed by atoms with E-state index in [2.05, 4.69) is 5.32 Å². The smallest absolute Gasteiger partial charge is 0.258 e. The molecule has 0 radical (unpaired) electrons. The van der Waals surface area contributed by atoms with E-state index < -0.39 is 0 Å². The fraction of sp³-hybridized carbons (Fsp3) is 0.318. The van der Waals surface area contributed by atoms with E-state index in [1.807, 2.05) is 35.2 Å². The van der Waals surface area contributed by atoms with Crippen molar-refractivity contribution in [2.45, 2.75) is 12.8 Å². The van der Waals surface area contributed by atoms with Crippen LogP contribution in [0.1, 0.15) is 33.6 Å². The minimum atomic E-state index is -0.124. The summed E-state index contributed by atoms with van der Waals surface area (Å²) in [4.78, 5) is 40.5. The van der Waals surface area contributed by atoms with E-state index in [0.29, 0.717) is 37.2 Å². The maximum absolute atomic E-state index is 12.8. The van der Waals surface area contributed by atoms with E-state index in [4.69, 9.17) is 0 Å². The Balaban J connectivity index is 1.44. The molecule has 0 aromatic heterocycles. The fourth-order valence-electron chi connectivity index (χ4n) is 4.05. The topological polar surface area (TPSA) is 69.7 Å². The van der Waals surface area contributed by atoms with Crippen molar-refractivity contribution in [3.8, 4) is 0 Å². The van der Waals surface area contributed by atoms with Crippen molar-refractivity contribution < 1.29 is 14.4 Å². The number of nitrogens with zero attached hydrogens (tertiary/aromatic N) is 2. The van der Waals surface area contributed by atoms with Gasteiger partial charge < -0.3 is 15.1 Å². The van der Waals surface area contributed by atoms with Crippen molar-refractivity contribution in [3.63, 3.8) is 0 Å². The molecule has 28 heavy (non-hydrogen) atoms. The maximum atomic E-state index is 12.8. The Morgan fingerprint density at radius 1 is 1.04 bits per heavy atom. The molecule has 1 N–H and O–H groups in total. The fourth-order valence-corrected chi connectivity index (χ4v) is 4.05. The number of hydrogen-bond acceptors (Lipinski definition) is 3. The molecule has 2 aromatic carbocycles. The summed E-state index contributed by atoms with van der Waals surface area (Å²) in [6.45, 7) is 1.90. The van der Waals surface area contributed by atoms with Gasteiger partial charge >= 0.3 is 0 Å². The SMILES string of the molecule is CN(C(=O)c1ccc(C(=O)N2CCC3(CNC(=O)C3)C2)cc1)c1ccccc1. The van der Waals surface area contributed by atoms with E-state index in [-0.39, 0.29) is 23.1 Å². The van der Waals surface area contributed by atoms with E-state index in [0.717, 1.165) is 12.1 Å². The van der Waals surface area contributed by atoms with E-state index in [1.165, 1.54) is 0 Å². The Morgan fingerprint density at radius 2 is 1.71 bits per heavy atom. The van der Waals surface area contributed by atoms with Crippen molar-refractivity contribution in [2.24, 2.45) is 5.41 Å². The highest BCUT2D eigenvalue weighted by Gasteiger charge is 2.45. The first-order chi connectivity index (χ1) is 13.5. The van der Waals surface area contributed by atoms with E-state index in [9.17, 15) is 14.4 Å². The van der Waals surface area contributed by atoms with Gasteiger partial charge in [0.1, 0.15) is 0 Å². The minimum absolute atomic E-state index is 0.0494. The molecule has 6 heteroatoms. The molecule has 1 spiro atoms. The van der Waals surface area contributed by atoms with Crippen LogP contribution in [0.4, 0.5) is 5.69 Å². The van der Waals surface area contributed by atoms with Crippen molar-refractivity contribution in [2.75, 3.05) is 31.6 Å². The standard InChI is InChI=1S/C22H23N3O3/c1-24(18-5-3-2-4-6-18)20(27)16-7-9-17(10-8-16)21(28)25-12-11-22(15-25)13-19(26)23-14-22/h2-10H,11-15H2,1H3,(H,23,26). The van der Waals surface area contributed by atoms with Crippen LogP contribution in [0.5, 0.6) is 0 Å². The number of benzene rings is 2. The summed E-state index contributed by atoms with van der Waals surface area (Å²) in [5, 5.41) is 2.88. The van der Waals surface area contributed by atoms with Gasteiger partial charge in [-0.2, -0.15) is 0 Å². The average Bonchev–Trinajstić information content (AvgIpc) is 3.32. The van der Waals surface area contributed by atoms with Gasteiger partial charge in [-0.25, -0.2) is 0 Å². The number of likely N-dealkylation sites (tertiary alicyclic amines) is 1. The molecule has 0 saturated carbocycles. The van der Waals surface area contributed by atoms with Gasteiger partial charge in [0.15, 0.2) is 0 Å². The van der Waals surface area contributed by atoms with Gasteiger partial charge in [-0.05, 0) is 42.8 Å². The number of carbonyl (C=O) groups excluding carboxylic acids is 3. The summed E-state index contributed by atoms with van der Waals surface area (Å²) in [6.07, 6.45) is 1.34. The molecular weight excluding hydrogens is 354 g/mol. The lowest BCUT2D eigenvalue weighted by atomic mass is 9.86. The third-order valence-corrected chi connectivity index (χ3v) is 5.75. The van der Waals surface area contributed by atoms with Crippen LogP contribution in [0.15, 0.2) is 54.6 Å². The lowest BCUT2D eigenvalue weighted by Gasteiger charge is -2.22. The third-order valence-electron chi connectivity index (χ3n) is 5.75. The van der Waals surface area contributed by atoms with Gasteiger partial charge in [-0.3, -0.25) is 14.4 Å². The van der Waals surface area contributed by atoms with E-state index in [1.54, 1.807) is 36.2 Å². The first-order valence-corrected chi connectivity index (χ1v) is 9.47. The average molecular weight is 377 g/mol. The predicted molar refractivity (Wildman–Crippen MR) is 106 cm³/mol. The maximum Gasteiger partial charge on any atom is 0.258 e. The molecule has 2 aliphatic heterocycles. The summed E-state index contributed by atoms with van der Waals surface area (Å²) in [5.74, 6) is -0.104. The van der Waals surface area contributed by atoms with Crippen molar-refractivity contribution in [1.82, 2.24) is 10.2 Å². The summed E-state index contributed by atoms with van der Waals surface area (Å²) < 4.78 is 0. The first-order valence-electron chi connectivity index (χ1n) is 9.47. The predicted octanol–water partition coefficient (Wildman–Crippen LogP) is 2.32. The number of nitrogens with one attached hydrogen (secondary N) is 1. The van der Waals surface area contributed by atoms with Crippen molar-refractivity contribution >= 4 is 23.4 Å². The zero-order chi connectivity index (χ0) is 19.7. The molecule has 2 saturated heterocycles. The molecule has 6 nitrogen and oxygen atoms in total. The van der Waals surface area contributed by atoms with Gasteiger partial charge in [0.05, 0.1) is 0 Å². The molecule has 3 amide bonds. The van der Waals surface area contributed by atoms with Crippen LogP contribution in [-0.2, 0) is 4.79 Å². The van der Waals surface area contributed by atoms with Crippen LogP contribution < -0.4 is 10.2 Å². The molecular formula is C22H23N3O3. The molecule has 2 aliphatic rings. The van der Waals surface area contributed by atoms with Gasteiger partial charge in [-0.15, -0.1) is 0 Å². The Hall–Kier alpha value is -3.15. The first kappa shape index (κ1) is 18.2. The van der Waals surface area contributed by atoms with Gasteiger partial charge in [0, 0.05) is 55.3 Å². The van der Waals surface area contributed by atoms with Gasteiger partial charge in [-0.1, -0.05) is 18.2 Å². The lowest BCUT2D eigenvalue weighted by molar-refractivity contribution is -0.119. The van der Waals surface area contributed by atoms with Crippen LogP contribution in [0, 0.1) is 5.41 Å². The summed E-state index contributed by atoms with van der Waals surface area (Å²) in [6, 6.07) is 16.2. The Labute approximate surface area is 164 Å². The van der Waals surface area contributed by atoms with E-state index >= 15 is 0 Å². The molecule has 0 bridgehead atoms. The number of rotatable bonds is 3. The number of para-hydroxylation sites is 1. The molecule has 4 rings (SSSR count). The van der Waals surface area contributed by atoms with Crippen LogP contribution in [-0.4, -0.2) is 49.3 Å². The minimum Gasteiger partial charge on any atom is -0.355 e. The molecule has 2 heterocycles. The summed E-state index contributed by atoms with van der Waals surface area (Å²) in [5.41, 5.74) is 1.80. The molecule has 144 valence electrons. The van der Waals surface area contributed by atoms with Gasteiger partial charge in [0.2, 0.25) is 5.91 Å². The lowest BCUT2D eigenvalue weighted by Crippen LogP contribution is -2.33. The second-order valence-electron chi connectivity index (χ2n) is 7.71. The largest absolute Gasteiger partial charge is 0.355 e. The molecule has 1 atom stereocenters. The third kappa shape index (κ3) is 3.38. The summed E-state index contributed by atoms with van der Waals surface area (Å²) in [7, 11) is 1.73. The number of amides is 3. The highest BCUT2D eigenvalue weighted by molar-refractivity contribution is 6.06. The molecule has 2 fully saturated rings. The Morgan fingerprint density at radius 3 is 2.36 bits per heavy atom. The normalized spacial score (nSPS) is 21.0. The highest BCUT2D eigenvalue weighted by atomic mass is 16.2. The quantitative estimate of drug-likeness (QED) is 0.892. The Bertz CT molecular complexity index is 910. The van der Waals surface area contributed by atoms with Crippen LogP contribution in [0.3, 0.4) is 0 Å². The Kier molecular flexibility index (Phi) is 4.63. The second kappa shape index (κ2) is 7.11. The number of carbonyl (C=O) groups is 3.